The molecule has 0 saturated heterocycles. The number of pyridine rings is 1. The topological polar surface area (TPSA) is 73.0 Å². The van der Waals surface area contributed by atoms with Gasteiger partial charge in [0.05, 0.1) is 11.3 Å². The molecule has 1 atom stereocenters. The third-order valence-corrected chi connectivity index (χ3v) is 3.71. The predicted molar refractivity (Wildman–Crippen MR) is 75.8 cm³/mol. The van der Waals surface area contributed by atoms with Crippen molar-refractivity contribution in [2.24, 2.45) is 5.92 Å². The van der Waals surface area contributed by atoms with E-state index in [4.69, 9.17) is 0 Å². The van der Waals surface area contributed by atoms with Crippen molar-refractivity contribution in [2.75, 3.05) is 0 Å². The maximum absolute atomic E-state index is 12.1. The first-order chi connectivity index (χ1) is 10.2. The summed E-state index contributed by atoms with van der Waals surface area (Å²) in [6, 6.07) is 3.74. The Kier molecular flexibility index (Phi) is 2.57. The minimum Gasteiger partial charge on any atom is -0.294 e. The van der Waals surface area contributed by atoms with E-state index in [2.05, 4.69) is 27.0 Å². The van der Waals surface area contributed by atoms with Crippen LogP contribution in [0.5, 0.6) is 0 Å². The third kappa shape index (κ3) is 1.99. The van der Waals surface area contributed by atoms with Gasteiger partial charge in [-0.15, -0.1) is 5.10 Å². The quantitative estimate of drug-likeness (QED) is 0.680. The van der Waals surface area contributed by atoms with Crippen LogP contribution in [0.25, 0.3) is 17.2 Å². The number of hydrogen-bond acceptors (Lipinski definition) is 5. The standard InChI is InChI=1S/C15H13N5O/c1-9-5-12-11(13(21)6-9)8-20-15(17-12)18-14(19-20)10-3-2-4-16-7-10/h2-4,7-9H,5-6H2,1H3/t9-/m0/s1. The van der Waals surface area contributed by atoms with E-state index in [9.17, 15) is 4.79 Å². The molecule has 21 heavy (non-hydrogen) atoms. The number of Topliss-reactive ketones (excluding diaryl/α,β-unsaturated/α-hetero) is 1. The Morgan fingerprint density at radius 3 is 3.00 bits per heavy atom. The zero-order chi connectivity index (χ0) is 14.4. The molecule has 0 N–H and O–H groups in total. The maximum Gasteiger partial charge on any atom is 0.252 e. The van der Waals surface area contributed by atoms with Gasteiger partial charge in [-0.25, -0.2) is 9.50 Å². The molecule has 1 aliphatic carbocycles. The average Bonchev–Trinajstić information content (AvgIpc) is 2.89. The van der Waals surface area contributed by atoms with E-state index in [1.54, 1.807) is 23.1 Å². The molecule has 104 valence electrons. The fourth-order valence-electron chi connectivity index (χ4n) is 2.69. The smallest absolute Gasteiger partial charge is 0.252 e. The molecule has 0 unspecified atom stereocenters. The van der Waals surface area contributed by atoms with Crippen molar-refractivity contribution < 1.29 is 4.79 Å². The van der Waals surface area contributed by atoms with Crippen LogP contribution < -0.4 is 0 Å². The largest absolute Gasteiger partial charge is 0.294 e. The Morgan fingerprint density at radius 2 is 2.19 bits per heavy atom. The first kappa shape index (κ1) is 12.1. The van der Waals surface area contributed by atoms with Gasteiger partial charge in [-0.05, 0) is 24.5 Å². The van der Waals surface area contributed by atoms with Crippen molar-refractivity contribution in [1.82, 2.24) is 24.6 Å². The number of nitrogens with zero attached hydrogens (tertiary/aromatic N) is 5. The van der Waals surface area contributed by atoms with Crippen molar-refractivity contribution in [3.05, 3.63) is 42.0 Å². The minimum absolute atomic E-state index is 0.136. The summed E-state index contributed by atoms with van der Waals surface area (Å²) in [6.07, 6.45) is 6.55. The highest BCUT2D eigenvalue weighted by Gasteiger charge is 2.25. The molecule has 3 aromatic heterocycles. The van der Waals surface area contributed by atoms with Crippen LogP contribution in [0.15, 0.2) is 30.7 Å². The summed E-state index contributed by atoms with van der Waals surface area (Å²) >= 11 is 0. The lowest BCUT2D eigenvalue weighted by Gasteiger charge is -2.18. The van der Waals surface area contributed by atoms with Gasteiger partial charge in [-0.2, -0.15) is 4.98 Å². The summed E-state index contributed by atoms with van der Waals surface area (Å²) in [4.78, 5) is 25.1. The van der Waals surface area contributed by atoms with Crippen LogP contribution in [0.4, 0.5) is 0 Å². The number of carbonyl (C=O) groups excluding carboxylic acids is 1. The van der Waals surface area contributed by atoms with Crippen LogP contribution in [0.1, 0.15) is 29.4 Å². The Balaban J connectivity index is 1.88. The average molecular weight is 279 g/mol. The zero-order valence-corrected chi connectivity index (χ0v) is 11.5. The number of fused-ring (bicyclic) bond motifs is 2. The Hall–Kier alpha value is -2.63. The van der Waals surface area contributed by atoms with E-state index < -0.39 is 0 Å². The summed E-state index contributed by atoms with van der Waals surface area (Å²) in [6.45, 7) is 2.07. The van der Waals surface area contributed by atoms with Gasteiger partial charge in [-0.1, -0.05) is 6.92 Å². The Bertz CT molecular complexity index is 840. The molecular weight excluding hydrogens is 266 g/mol. The molecule has 3 heterocycles. The van der Waals surface area contributed by atoms with Gasteiger partial charge in [0.25, 0.3) is 5.78 Å². The molecule has 0 saturated carbocycles. The monoisotopic (exact) mass is 279 g/mol. The lowest BCUT2D eigenvalue weighted by Crippen LogP contribution is -2.20. The lowest BCUT2D eigenvalue weighted by molar-refractivity contribution is 0.0951. The van der Waals surface area contributed by atoms with Crippen molar-refractivity contribution in [3.63, 3.8) is 0 Å². The molecule has 0 fully saturated rings. The highest BCUT2D eigenvalue weighted by molar-refractivity contribution is 5.98. The first-order valence-electron chi connectivity index (χ1n) is 6.90. The van der Waals surface area contributed by atoms with E-state index in [1.807, 2.05) is 12.1 Å². The summed E-state index contributed by atoms with van der Waals surface area (Å²) in [7, 11) is 0. The fourth-order valence-corrected chi connectivity index (χ4v) is 2.69. The van der Waals surface area contributed by atoms with E-state index in [-0.39, 0.29) is 5.78 Å². The number of aromatic nitrogens is 5. The van der Waals surface area contributed by atoms with Gasteiger partial charge < -0.3 is 0 Å². The van der Waals surface area contributed by atoms with Gasteiger partial charge >= 0.3 is 0 Å². The van der Waals surface area contributed by atoms with Crippen LogP contribution >= 0.6 is 0 Å². The number of rotatable bonds is 1. The van der Waals surface area contributed by atoms with Crippen LogP contribution in [0.3, 0.4) is 0 Å². The molecule has 4 rings (SSSR count). The van der Waals surface area contributed by atoms with Gasteiger partial charge in [0.15, 0.2) is 11.6 Å². The van der Waals surface area contributed by atoms with Crippen LogP contribution in [0.2, 0.25) is 0 Å². The molecule has 0 radical (unpaired) electrons. The SMILES string of the molecule is C[C@@H]1CC(=O)c2cn3nc(-c4cccnc4)nc3nc2C1. The second-order valence-corrected chi connectivity index (χ2v) is 5.46. The molecule has 0 amide bonds. The minimum atomic E-state index is 0.136. The van der Waals surface area contributed by atoms with Gasteiger partial charge in [0.2, 0.25) is 0 Å². The molecule has 0 bridgehead atoms. The third-order valence-electron chi connectivity index (χ3n) is 3.71. The molecule has 6 heteroatoms. The second-order valence-electron chi connectivity index (χ2n) is 5.46. The molecule has 1 aliphatic rings. The Morgan fingerprint density at radius 1 is 1.29 bits per heavy atom. The number of carbonyl (C=O) groups is 1. The Labute approximate surface area is 120 Å². The van der Waals surface area contributed by atoms with Crippen LogP contribution in [-0.4, -0.2) is 30.3 Å². The zero-order valence-electron chi connectivity index (χ0n) is 11.5. The van der Waals surface area contributed by atoms with Gasteiger partial charge in [0, 0.05) is 30.6 Å². The van der Waals surface area contributed by atoms with Crippen LogP contribution in [0, 0.1) is 5.92 Å². The highest BCUT2D eigenvalue weighted by Crippen LogP contribution is 2.24. The van der Waals surface area contributed by atoms with Crippen molar-refractivity contribution in [1.29, 1.82) is 0 Å². The molecule has 3 aromatic rings. The normalized spacial score (nSPS) is 18.0. The van der Waals surface area contributed by atoms with E-state index >= 15 is 0 Å². The molecular formula is C15H13N5O. The molecule has 0 aliphatic heterocycles. The van der Waals surface area contributed by atoms with Crippen molar-refractivity contribution in [2.45, 2.75) is 19.8 Å². The number of ketones is 1. The highest BCUT2D eigenvalue weighted by atomic mass is 16.1. The molecule has 0 spiro atoms. The van der Waals surface area contributed by atoms with Crippen molar-refractivity contribution in [3.8, 4) is 11.4 Å². The van der Waals surface area contributed by atoms with E-state index in [1.165, 1.54) is 0 Å². The van der Waals surface area contributed by atoms with Crippen molar-refractivity contribution >= 4 is 11.6 Å². The van der Waals surface area contributed by atoms with Gasteiger partial charge in [0.1, 0.15) is 0 Å². The maximum atomic E-state index is 12.1. The summed E-state index contributed by atoms with van der Waals surface area (Å²) < 4.78 is 1.58. The van der Waals surface area contributed by atoms with E-state index in [0.717, 1.165) is 17.7 Å². The predicted octanol–water partition coefficient (Wildman–Crippen LogP) is 1.95. The van der Waals surface area contributed by atoms with E-state index in [0.29, 0.717) is 29.5 Å². The molecule has 6 nitrogen and oxygen atoms in total. The van der Waals surface area contributed by atoms with Gasteiger partial charge in [-0.3, -0.25) is 9.78 Å². The summed E-state index contributed by atoms with van der Waals surface area (Å²) in [5, 5.41) is 4.40. The fraction of sp³-hybridized carbons (Fsp3) is 0.267. The second kappa shape index (κ2) is 4.44. The summed E-state index contributed by atoms with van der Waals surface area (Å²) in [5.74, 6) is 1.56. The lowest BCUT2D eigenvalue weighted by atomic mass is 9.88. The number of hydrogen-bond donors (Lipinski definition) is 0. The van der Waals surface area contributed by atoms with Crippen LogP contribution in [-0.2, 0) is 6.42 Å². The molecule has 0 aromatic carbocycles. The first-order valence-corrected chi connectivity index (χ1v) is 6.90. The summed E-state index contributed by atoms with van der Waals surface area (Å²) in [5.41, 5.74) is 2.33.